The Bertz CT molecular complexity index is 705. The van der Waals surface area contributed by atoms with E-state index < -0.39 is 0 Å². The molecule has 1 amide bonds. The van der Waals surface area contributed by atoms with Crippen molar-refractivity contribution >= 4 is 5.91 Å². The highest BCUT2D eigenvalue weighted by molar-refractivity contribution is 5.79. The molecule has 1 aromatic carbocycles. The summed E-state index contributed by atoms with van der Waals surface area (Å²) in [5.41, 5.74) is 8.75. The summed E-state index contributed by atoms with van der Waals surface area (Å²) in [7, 11) is 0. The number of piperidine rings is 1. The predicted molar refractivity (Wildman–Crippen MR) is 94.2 cm³/mol. The summed E-state index contributed by atoms with van der Waals surface area (Å²) < 4.78 is 10.9. The summed E-state index contributed by atoms with van der Waals surface area (Å²) in [5.74, 6) is 1.68. The summed E-state index contributed by atoms with van der Waals surface area (Å²) in [4.78, 5) is 14.2. The average molecular weight is 343 g/mol. The first-order valence-electron chi connectivity index (χ1n) is 8.70. The molecule has 1 fully saturated rings. The van der Waals surface area contributed by atoms with Crippen LogP contribution in [0.2, 0.25) is 0 Å². The molecule has 3 rings (SSSR count). The molecule has 1 atom stereocenters. The van der Waals surface area contributed by atoms with Crippen molar-refractivity contribution in [2.24, 2.45) is 5.73 Å². The van der Waals surface area contributed by atoms with Crippen molar-refractivity contribution < 1.29 is 14.1 Å². The molecule has 0 radical (unpaired) electrons. The van der Waals surface area contributed by atoms with Crippen molar-refractivity contribution in [3.63, 3.8) is 0 Å². The third-order valence-electron chi connectivity index (χ3n) is 4.65. The molecule has 25 heavy (non-hydrogen) atoms. The highest BCUT2D eigenvalue weighted by atomic mass is 16.5. The smallest absolute Gasteiger partial charge is 0.227 e. The van der Waals surface area contributed by atoms with E-state index in [2.05, 4.69) is 5.16 Å². The number of aryl methyl sites for hydroxylation is 2. The van der Waals surface area contributed by atoms with Crippen molar-refractivity contribution in [3.8, 4) is 5.75 Å². The van der Waals surface area contributed by atoms with Crippen molar-refractivity contribution in [1.82, 2.24) is 10.1 Å². The minimum Gasteiger partial charge on any atom is -0.489 e. The number of likely N-dealkylation sites (tertiary alicyclic amines) is 1. The second-order valence-electron chi connectivity index (χ2n) is 6.65. The predicted octanol–water partition coefficient (Wildman–Crippen LogP) is 2.36. The quantitative estimate of drug-likeness (QED) is 0.901. The van der Waals surface area contributed by atoms with Crippen LogP contribution in [-0.2, 0) is 17.8 Å². The Kier molecular flexibility index (Phi) is 5.38. The van der Waals surface area contributed by atoms with Gasteiger partial charge in [0.25, 0.3) is 0 Å². The standard InChI is InChI=1S/C19H25N3O3/c1-13-18(14(2)25-21-13)12-24-17-7-5-15(6-8-17)10-19(23)22-9-3-4-16(20)11-22/h5-8,16H,3-4,9-12,20H2,1-2H3. The lowest BCUT2D eigenvalue weighted by Crippen LogP contribution is -2.46. The average Bonchev–Trinajstić information content (AvgIpc) is 2.92. The van der Waals surface area contributed by atoms with E-state index in [4.69, 9.17) is 15.0 Å². The molecule has 1 aliphatic rings. The number of rotatable bonds is 5. The molecule has 6 nitrogen and oxygen atoms in total. The van der Waals surface area contributed by atoms with E-state index in [1.807, 2.05) is 43.0 Å². The normalized spacial score (nSPS) is 17.6. The first-order chi connectivity index (χ1) is 12.0. The molecule has 1 aliphatic heterocycles. The highest BCUT2D eigenvalue weighted by Gasteiger charge is 2.21. The van der Waals surface area contributed by atoms with E-state index >= 15 is 0 Å². The van der Waals surface area contributed by atoms with Crippen LogP contribution in [0.25, 0.3) is 0 Å². The molecule has 0 bridgehead atoms. The van der Waals surface area contributed by atoms with Gasteiger partial charge in [-0.3, -0.25) is 4.79 Å². The van der Waals surface area contributed by atoms with E-state index in [0.717, 1.165) is 47.7 Å². The van der Waals surface area contributed by atoms with Crippen LogP contribution in [-0.4, -0.2) is 35.1 Å². The fourth-order valence-electron chi connectivity index (χ4n) is 3.09. The van der Waals surface area contributed by atoms with Gasteiger partial charge in [0.2, 0.25) is 5.91 Å². The van der Waals surface area contributed by atoms with Crippen LogP contribution in [0.1, 0.15) is 35.4 Å². The number of nitrogens with two attached hydrogens (primary N) is 1. The fraction of sp³-hybridized carbons (Fsp3) is 0.474. The van der Waals surface area contributed by atoms with E-state index in [-0.39, 0.29) is 11.9 Å². The topological polar surface area (TPSA) is 81.6 Å². The number of nitrogens with zero attached hydrogens (tertiary/aromatic N) is 2. The molecule has 1 saturated heterocycles. The summed E-state index contributed by atoms with van der Waals surface area (Å²) in [5, 5.41) is 3.92. The van der Waals surface area contributed by atoms with Crippen molar-refractivity contribution in [2.75, 3.05) is 13.1 Å². The maximum Gasteiger partial charge on any atom is 0.227 e. The monoisotopic (exact) mass is 343 g/mol. The lowest BCUT2D eigenvalue weighted by Gasteiger charge is -2.30. The Morgan fingerprint density at radius 2 is 2.12 bits per heavy atom. The largest absolute Gasteiger partial charge is 0.489 e. The summed E-state index contributed by atoms with van der Waals surface area (Å²) in [6, 6.07) is 7.76. The van der Waals surface area contributed by atoms with Crippen LogP contribution in [0.3, 0.4) is 0 Å². The van der Waals surface area contributed by atoms with Crippen molar-refractivity contribution in [1.29, 1.82) is 0 Å². The molecule has 0 spiro atoms. The number of hydrogen-bond donors (Lipinski definition) is 1. The number of aromatic nitrogens is 1. The first-order valence-corrected chi connectivity index (χ1v) is 8.70. The van der Waals surface area contributed by atoms with Crippen molar-refractivity contribution in [3.05, 3.63) is 46.8 Å². The van der Waals surface area contributed by atoms with Crippen LogP contribution in [0.15, 0.2) is 28.8 Å². The number of ether oxygens (including phenoxy) is 1. The summed E-state index contributed by atoms with van der Waals surface area (Å²) in [6.45, 7) is 5.67. The third-order valence-corrected chi connectivity index (χ3v) is 4.65. The van der Waals surface area contributed by atoms with Crippen molar-refractivity contribution in [2.45, 2.75) is 45.8 Å². The molecule has 2 heterocycles. The maximum atomic E-state index is 12.4. The zero-order valence-corrected chi connectivity index (χ0v) is 14.8. The molecule has 1 aromatic heterocycles. The minimum absolute atomic E-state index is 0.109. The SMILES string of the molecule is Cc1noc(C)c1COc1ccc(CC(=O)N2CCCC(N)C2)cc1. The van der Waals surface area contributed by atoms with E-state index in [9.17, 15) is 4.79 Å². The van der Waals surface area contributed by atoms with Gasteiger partial charge in [0.15, 0.2) is 0 Å². The van der Waals surface area contributed by atoms with Gasteiger partial charge >= 0.3 is 0 Å². The first kappa shape index (κ1) is 17.5. The molecule has 1 unspecified atom stereocenters. The number of amides is 1. The van der Waals surface area contributed by atoms with Gasteiger partial charge in [0.05, 0.1) is 17.7 Å². The highest BCUT2D eigenvalue weighted by Crippen LogP contribution is 2.19. The van der Waals surface area contributed by atoms with Gasteiger partial charge in [0, 0.05) is 19.1 Å². The lowest BCUT2D eigenvalue weighted by molar-refractivity contribution is -0.131. The molecule has 2 aromatic rings. The Balaban J connectivity index is 1.54. The Hall–Kier alpha value is -2.34. The van der Waals surface area contributed by atoms with Crippen LogP contribution < -0.4 is 10.5 Å². The fourth-order valence-corrected chi connectivity index (χ4v) is 3.09. The maximum absolute atomic E-state index is 12.4. The van der Waals surface area contributed by atoms with Gasteiger partial charge in [-0.15, -0.1) is 0 Å². The third kappa shape index (κ3) is 4.39. The number of hydrogen-bond acceptors (Lipinski definition) is 5. The van der Waals surface area contributed by atoms with Gasteiger partial charge in [-0.1, -0.05) is 17.3 Å². The molecule has 134 valence electrons. The van der Waals surface area contributed by atoms with E-state index in [0.29, 0.717) is 19.6 Å². The zero-order chi connectivity index (χ0) is 17.8. The van der Waals surface area contributed by atoms with E-state index in [1.165, 1.54) is 0 Å². The van der Waals surface area contributed by atoms with Crippen LogP contribution >= 0.6 is 0 Å². The Labute approximate surface area is 147 Å². The van der Waals surface area contributed by atoms with Gasteiger partial charge in [-0.2, -0.15) is 0 Å². The van der Waals surface area contributed by atoms with E-state index in [1.54, 1.807) is 0 Å². The Morgan fingerprint density at radius 1 is 1.36 bits per heavy atom. The molecule has 0 saturated carbocycles. The van der Waals surface area contributed by atoms with Crippen LogP contribution in [0, 0.1) is 13.8 Å². The molecule has 0 aliphatic carbocycles. The van der Waals surface area contributed by atoms with Gasteiger partial charge in [0.1, 0.15) is 18.1 Å². The van der Waals surface area contributed by atoms with Crippen LogP contribution in [0.4, 0.5) is 0 Å². The van der Waals surface area contributed by atoms with Gasteiger partial charge in [-0.25, -0.2) is 0 Å². The van der Waals surface area contributed by atoms with Gasteiger partial charge < -0.3 is 19.9 Å². The van der Waals surface area contributed by atoms with Crippen LogP contribution in [0.5, 0.6) is 5.75 Å². The summed E-state index contributed by atoms with van der Waals surface area (Å²) in [6.07, 6.45) is 2.39. The molecule has 6 heteroatoms. The Morgan fingerprint density at radius 3 is 2.76 bits per heavy atom. The zero-order valence-electron chi connectivity index (χ0n) is 14.8. The second-order valence-corrected chi connectivity index (χ2v) is 6.65. The molecular weight excluding hydrogens is 318 g/mol. The number of benzene rings is 1. The van der Waals surface area contributed by atoms with Gasteiger partial charge in [-0.05, 0) is 44.4 Å². The second kappa shape index (κ2) is 7.70. The lowest BCUT2D eigenvalue weighted by atomic mass is 10.1. The number of carbonyl (C=O) groups is 1. The molecular formula is C19H25N3O3. The number of carbonyl (C=O) groups excluding carboxylic acids is 1. The summed E-state index contributed by atoms with van der Waals surface area (Å²) >= 11 is 0. The minimum atomic E-state index is 0.109. The molecule has 2 N–H and O–H groups in total.